The number of carbonyl (C=O) groups excluding carboxylic acids is 1. The maximum atomic E-state index is 12.3. The average Bonchev–Trinajstić information content (AvgIpc) is 2.76. The predicted octanol–water partition coefficient (Wildman–Crippen LogP) is 2.18. The molecule has 3 nitrogen and oxygen atoms in total. The number of amides is 1. The quantitative estimate of drug-likeness (QED) is 0.909. The van der Waals surface area contributed by atoms with Crippen molar-refractivity contribution in [1.29, 1.82) is 0 Å². The molecular weight excluding hydrogens is 280 g/mol. The van der Waals surface area contributed by atoms with E-state index in [-0.39, 0.29) is 5.91 Å². The maximum Gasteiger partial charge on any atom is 0.254 e. The van der Waals surface area contributed by atoms with Crippen molar-refractivity contribution in [3.05, 3.63) is 33.8 Å². The summed E-state index contributed by atoms with van der Waals surface area (Å²) in [6.45, 7) is 4.26. The smallest absolute Gasteiger partial charge is 0.254 e. The molecule has 0 saturated carbocycles. The summed E-state index contributed by atoms with van der Waals surface area (Å²) in [7, 11) is 0. The standard InChI is InChI=1S/C13H17BrN2O/c1-9-6-11(14)2-3-12(9)13(17)16-5-4-10(7-15)8-16/h2-3,6,10H,4-5,7-8,15H2,1H3/t10-/m0/s1. The summed E-state index contributed by atoms with van der Waals surface area (Å²) >= 11 is 3.41. The van der Waals surface area contributed by atoms with Crippen LogP contribution in [0.5, 0.6) is 0 Å². The number of halogens is 1. The van der Waals surface area contributed by atoms with Crippen molar-refractivity contribution in [3.8, 4) is 0 Å². The van der Waals surface area contributed by atoms with Crippen LogP contribution in [0.25, 0.3) is 0 Å². The molecule has 2 rings (SSSR count). The molecule has 2 N–H and O–H groups in total. The number of carbonyl (C=O) groups is 1. The third-order valence-electron chi connectivity index (χ3n) is 3.33. The van der Waals surface area contributed by atoms with Gasteiger partial charge in [0.15, 0.2) is 0 Å². The van der Waals surface area contributed by atoms with E-state index >= 15 is 0 Å². The Balaban J connectivity index is 2.15. The summed E-state index contributed by atoms with van der Waals surface area (Å²) in [4.78, 5) is 14.2. The Bertz CT molecular complexity index is 433. The lowest BCUT2D eigenvalue weighted by molar-refractivity contribution is 0.0787. The van der Waals surface area contributed by atoms with Crippen LogP contribution in [0.2, 0.25) is 0 Å². The van der Waals surface area contributed by atoms with E-state index in [1.54, 1.807) is 0 Å². The van der Waals surface area contributed by atoms with Crippen LogP contribution in [0, 0.1) is 12.8 Å². The number of likely N-dealkylation sites (tertiary alicyclic amines) is 1. The SMILES string of the molecule is Cc1cc(Br)ccc1C(=O)N1CC[C@@H](CN)C1. The predicted molar refractivity (Wildman–Crippen MR) is 71.9 cm³/mol. The molecule has 1 amide bonds. The summed E-state index contributed by atoms with van der Waals surface area (Å²) in [5.74, 6) is 0.598. The lowest BCUT2D eigenvalue weighted by Gasteiger charge is -2.17. The fourth-order valence-electron chi connectivity index (χ4n) is 2.25. The third-order valence-corrected chi connectivity index (χ3v) is 3.82. The van der Waals surface area contributed by atoms with Crippen LogP contribution in [0.4, 0.5) is 0 Å². The largest absolute Gasteiger partial charge is 0.338 e. The van der Waals surface area contributed by atoms with Gasteiger partial charge in [0, 0.05) is 23.1 Å². The van der Waals surface area contributed by atoms with Crippen molar-refractivity contribution in [3.63, 3.8) is 0 Å². The molecule has 1 atom stereocenters. The Morgan fingerprint density at radius 3 is 2.94 bits per heavy atom. The zero-order valence-electron chi connectivity index (χ0n) is 9.95. The Hall–Kier alpha value is -0.870. The molecule has 0 unspecified atom stereocenters. The Morgan fingerprint density at radius 2 is 2.35 bits per heavy atom. The molecule has 1 aliphatic rings. The fraction of sp³-hybridized carbons (Fsp3) is 0.462. The average molecular weight is 297 g/mol. The van der Waals surface area contributed by atoms with Gasteiger partial charge in [-0.15, -0.1) is 0 Å². The first kappa shape index (κ1) is 12.6. The van der Waals surface area contributed by atoms with E-state index in [4.69, 9.17) is 5.73 Å². The van der Waals surface area contributed by atoms with Gasteiger partial charge in [0.1, 0.15) is 0 Å². The highest BCUT2D eigenvalue weighted by molar-refractivity contribution is 9.10. The maximum absolute atomic E-state index is 12.3. The molecule has 1 fully saturated rings. The zero-order chi connectivity index (χ0) is 12.4. The molecule has 1 aromatic rings. The highest BCUT2D eigenvalue weighted by Crippen LogP contribution is 2.21. The lowest BCUT2D eigenvalue weighted by Crippen LogP contribution is -2.30. The van der Waals surface area contributed by atoms with Gasteiger partial charge in [-0.2, -0.15) is 0 Å². The number of aryl methyl sites for hydroxylation is 1. The van der Waals surface area contributed by atoms with Crippen molar-refractivity contribution >= 4 is 21.8 Å². The molecular formula is C13H17BrN2O. The zero-order valence-corrected chi connectivity index (χ0v) is 11.5. The number of nitrogens with zero attached hydrogens (tertiary/aromatic N) is 1. The first-order chi connectivity index (χ1) is 8.11. The van der Waals surface area contributed by atoms with Crippen molar-refractivity contribution in [2.24, 2.45) is 11.7 Å². The van der Waals surface area contributed by atoms with Gasteiger partial charge in [-0.25, -0.2) is 0 Å². The second-order valence-electron chi connectivity index (χ2n) is 4.60. The highest BCUT2D eigenvalue weighted by atomic mass is 79.9. The summed E-state index contributed by atoms with van der Waals surface area (Å²) in [6.07, 6.45) is 1.03. The van der Waals surface area contributed by atoms with Crippen molar-refractivity contribution in [2.45, 2.75) is 13.3 Å². The molecule has 92 valence electrons. The van der Waals surface area contributed by atoms with E-state index < -0.39 is 0 Å². The van der Waals surface area contributed by atoms with Crippen LogP contribution in [0.1, 0.15) is 22.3 Å². The van der Waals surface area contributed by atoms with E-state index in [0.717, 1.165) is 35.1 Å². The summed E-state index contributed by atoms with van der Waals surface area (Å²) in [5.41, 5.74) is 7.45. The van der Waals surface area contributed by atoms with E-state index in [1.807, 2.05) is 30.0 Å². The van der Waals surface area contributed by atoms with Crippen molar-refractivity contribution in [2.75, 3.05) is 19.6 Å². The first-order valence-electron chi connectivity index (χ1n) is 5.87. The molecule has 17 heavy (non-hydrogen) atoms. The van der Waals surface area contributed by atoms with E-state index in [0.29, 0.717) is 12.5 Å². The van der Waals surface area contributed by atoms with Gasteiger partial charge >= 0.3 is 0 Å². The van der Waals surface area contributed by atoms with Crippen molar-refractivity contribution < 1.29 is 4.79 Å². The first-order valence-corrected chi connectivity index (χ1v) is 6.66. The van der Waals surface area contributed by atoms with Gasteiger partial charge in [-0.05, 0) is 49.6 Å². The third kappa shape index (κ3) is 2.69. The second kappa shape index (κ2) is 5.19. The Morgan fingerprint density at radius 1 is 1.59 bits per heavy atom. The van der Waals surface area contributed by atoms with E-state index in [9.17, 15) is 4.79 Å². The summed E-state index contributed by atoms with van der Waals surface area (Å²) in [6, 6.07) is 5.78. The van der Waals surface area contributed by atoms with Crippen LogP contribution in [0.3, 0.4) is 0 Å². The van der Waals surface area contributed by atoms with Gasteiger partial charge in [0.2, 0.25) is 0 Å². The highest BCUT2D eigenvalue weighted by Gasteiger charge is 2.26. The number of rotatable bonds is 2. The minimum Gasteiger partial charge on any atom is -0.338 e. The molecule has 1 heterocycles. The number of hydrogen-bond donors (Lipinski definition) is 1. The molecule has 0 aromatic heterocycles. The molecule has 4 heteroatoms. The monoisotopic (exact) mass is 296 g/mol. The van der Waals surface area contributed by atoms with Crippen LogP contribution in [0.15, 0.2) is 22.7 Å². The van der Waals surface area contributed by atoms with Crippen LogP contribution in [-0.2, 0) is 0 Å². The molecule has 0 spiro atoms. The number of hydrogen-bond acceptors (Lipinski definition) is 2. The fourth-order valence-corrected chi connectivity index (χ4v) is 2.72. The normalized spacial score (nSPS) is 19.7. The van der Waals surface area contributed by atoms with Gasteiger partial charge in [0.25, 0.3) is 5.91 Å². The topological polar surface area (TPSA) is 46.3 Å². The Kier molecular flexibility index (Phi) is 3.84. The molecule has 1 aliphatic heterocycles. The number of benzene rings is 1. The van der Waals surface area contributed by atoms with Gasteiger partial charge in [-0.3, -0.25) is 4.79 Å². The van der Waals surface area contributed by atoms with Gasteiger partial charge < -0.3 is 10.6 Å². The summed E-state index contributed by atoms with van der Waals surface area (Å²) in [5, 5.41) is 0. The minimum absolute atomic E-state index is 0.131. The van der Waals surface area contributed by atoms with Gasteiger partial charge in [0.05, 0.1) is 0 Å². The molecule has 0 bridgehead atoms. The summed E-state index contributed by atoms with van der Waals surface area (Å²) < 4.78 is 1.01. The van der Waals surface area contributed by atoms with Crippen molar-refractivity contribution in [1.82, 2.24) is 4.90 Å². The minimum atomic E-state index is 0.131. The van der Waals surface area contributed by atoms with E-state index in [1.165, 1.54) is 0 Å². The van der Waals surface area contributed by atoms with Crippen LogP contribution >= 0.6 is 15.9 Å². The molecule has 1 saturated heterocycles. The van der Waals surface area contributed by atoms with Crippen LogP contribution < -0.4 is 5.73 Å². The van der Waals surface area contributed by atoms with E-state index in [2.05, 4.69) is 15.9 Å². The van der Waals surface area contributed by atoms with Crippen LogP contribution in [-0.4, -0.2) is 30.4 Å². The lowest BCUT2D eigenvalue weighted by atomic mass is 10.1. The molecule has 1 aromatic carbocycles. The second-order valence-corrected chi connectivity index (χ2v) is 5.52. The van der Waals surface area contributed by atoms with Gasteiger partial charge in [-0.1, -0.05) is 15.9 Å². The molecule has 0 aliphatic carbocycles. The Labute approximate surface area is 110 Å². The molecule has 0 radical (unpaired) electrons. The number of nitrogens with two attached hydrogens (primary N) is 1.